The van der Waals surface area contributed by atoms with E-state index in [-0.39, 0.29) is 29.6 Å². The molecule has 178 valence electrons. The Labute approximate surface area is 202 Å². The van der Waals surface area contributed by atoms with Crippen molar-refractivity contribution in [1.29, 1.82) is 0 Å². The van der Waals surface area contributed by atoms with E-state index in [2.05, 4.69) is 13.7 Å². The number of aromatic amines is 1. The number of rotatable bonds is 6. The highest BCUT2D eigenvalue weighted by molar-refractivity contribution is 7.89. The van der Waals surface area contributed by atoms with Crippen molar-refractivity contribution in [2.45, 2.75) is 51.2 Å². The molecule has 1 fully saturated rings. The monoisotopic (exact) mass is 498 g/mol. The summed E-state index contributed by atoms with van der Waals surface area (Å²) in [7, 11) is -3.99. The SMILES string of the molecule is Cc1cc2cc(CN(C[C@@H]3CCCO3)S(=O)(=O)c3c(C)ccc4nsnc34)c(=O)[nH]c2cc1C. The summed E-state index contributed by atoms with van der Waals surface area (Å²) in [6, 6.07) is 9.26. The van der Waals surface area contributed by atoms with Gasteiger partial charge in [0.15, 0.2) is 0 Å². The Kier molecular flexibility index (Phi) is 6.01. The minimum Gasteiger partial charge on any atom is -0.377 e. The molecular formula is C24H26N4O4S2. The van der Waals surface area contributed by atoms with E-state index in [4.69, 9.17) is 4.74 Å². The lowest BCUT2D eigenvalue weighted by Gasteiger charge is -2.25. The van der Waals surface area contributed by atoms with E-state index in [0.717, 1.165) is 46.6 Å². The van der Waals surface area contributed by atoms with Crippen molar-refractivity contribution >= 4 is 43.7 Å². The molecule has 0 spiro atoms. The van der Waals surface area contributed by atoms with Gasteiger partial charge in [-0.1, -0.05) is 6.07 Å². The van der Waals surface area contributed by atoms with Gasteiger partial charge in [0.1, 0.15) is 15.9 Å². The van der Waals surface area contributed by atoms with Crippen LogP contribution in [0.3, 0.4) is 0 Å². The minimum atomic E-state index is -3.99. The second-order valence-electron chi connectivity index (χ2n) is 8.92. The predicted octanol–water partition coefficient (Wildman–Crippen LogP) is 3.83. The van der Waals surface area contributed by atoms with Gasteiger partial charge in [0.05, 0.1) is 17.8 Å². The summed E-state index contributed by atoms with van der Waals surface area (Å²) < 4.78 is 43.7. The summed E-state index contributed by atoms with van der Waals surface area (Å²) in [5, 5.41) is 0.870. The van der Waals surface area contributed by atoms with E-state index in [1.54, 1.807) is 25.1 Å². The van der Waals surface area contributed by atoms with E-state index >= 15 is 0 Å². The highest BCUT2D eigenvalue weighted by Crippen LogP contribution is 2.30. The lowest BCUT2D eigenvalue weighted by atomic mass is 10.0. The highest BCUT2D eigenvalue weighted by atomic mass is 32.2. The van der Waals surface area contributed by atoms with E-state index in [0.29, 0.717) is 28.8 Å². The number of nitrogens with one attached hydrogen (secondary N) is 1. The number of fused-ring (bicyclic) bond motifs is 2. The molecule has 2 aromatic heterocycles. The van der Waals surface area contributed by atoms with Crippen molar-refractivity contribution < 1.29 is 13.2 Å². The molecule has 1 atom stereocenters. The predicted molar refractivity (Wildman–Crippen MR) is 133 cm³/mol. The third kappa shape index (κ3) is 4.15. The molecular weight excluding hydrogens is 472 g/mol. The number of pyridine rings is 1. The first kappa shape index (κ1) is 23.1. The number of hydrogen-bond acceptors (Lipinski definition) is 7. The third-order valence-electron chi connectivity index (χ3n) is 6.49. The Morgan fingerprint density at radius 3 is 2.68 bits per heavy atom. The van der Waals surface area contributed by atoms with Crippen molar-refractivity contribution in [2.75, 3.05) is 13.2 Å². The summed E-state index contributed by atoms with van der Waals surface area (Å²) in [6.07, 6.45) is 1.45. The van der Waals surface area contributed by atoms with Gasteiger partial charge in [-0.05, 0) is 80.0 Å². The van der Waals surface area contributed by atoms with Gasteiger partial charge in [-0.2, -0.15) is 13.1 Å². The van der Waals surface area contributed by atoms with Gasteiger partial charge in [-0.25, -0.2) is 8.42 Å². The molecule has 1 aliphatic heterocycles. The Hall–Kier alpha value is -2.66. The zero-order valence-corrected chi connectivity index (χ0v) is 20.9. The van der Waals surface area contributed by atoms with Crippen molar-refractivity contribution in [1.82, 2.24) is 18.0 Å². The zero-order chi connectivity index (χ0) is 24.0. The molecule has 0 bridgehead atoms. The third-order valence-corrected chi connectivity index (χ3v) is 9.02. The Morgan fingerprint density at radius 2 is 1.91 bits per heavy atom. The van der Waals surface area contributed by atoms with Gasteiger partial charge in [-0.3, -0.25) is 4.79 Å². The number of H-pyrrole nitrogens is 1. The number of ether oxygens (including phenoxy) is 1. The van der Waals surface area contributed by atoms with E-state index in [1.807, 2.05) is 26.0 Å². The maximum Gasteiger partial charge on any atom is 0.252 e. The Bertz CT molecular complexity index is 1550. The molecule has 34 heavy (non-hydrogen) atoms. The molecule has 2 aromatic carbocycles. The van der Waals surface area contributed by atoms with Crippen LogP contribution >= 0.6 is 11.7 Å². The van der Waals surface area contributed by atoms with Crippen LogP contribution in [-0.4, -0.2) is 45.7 Å². The van der Waals surface area contributed by atoms with Crippen LogP contribution in [0.5, 0.6) is 0 Å². The molecule has 0 aliphatic carbocycles. The summed E-state index contributed by atoms with van der Waals surface area (Å²) in [6.45, 7) is 6.47. The molecule has 0 amide bonds. The fourth-order valence-electron chi connectivity index (χ4n) is 4.48. The van der Waals surface area contributed by atoms with E-state index in [1.165, 1.54) is 4.31 Å². The topological polar surface area (TPSA) is 105 Å². The van der Waals surface area contributed by atoms with Gasteiger partial charge in [0.2, 0.25) is 10.0 Å². The second kappa shape index (κ2) is 8.84. The lowest BCUT2D eigenvalue weighted by molar-refractivity contribution is 0.0925. The van der Waals surface area contributed by atoms with Crippen molar-refractivity contribution in [3.05, 3.63) is 62.9 Å². The number of hydrogen-bond donors (Lipinski definition) is 1. The summed E-state index contributed by atoms with van der Waals surface area (Å²) in [5.74, 6) is 0. The van der Waals surface area contributed by atoms with Crippen molar-refractivity contribution in [3.63, 3.8) is 0 Å². The number of benzene rings is 2. The first-order chi connectivity index (χ1) is 16.2. The van der Waals surface area contributed by atoms with Gasteiger partial charge in [-0.15, -0.1) is 0 Å². The zero-order valence-electron chi connectivity index (χ0n) is 19.3. The van der Waals surface area contributed by atoms with Crippen LogP contribution in [0.1, 0.15) is 35.1 Å². The first-order valence-electron chi connectivity index (χ1n) is 11.2. The van der Waals surface area contributed by atoms with Crippen molar-refractivity contribution in [3.8, 4) is 0 Å². The minimum absolute atomic E-state index is 0.0617. The smallest absolute Gasteiger partial charge is 0.252 e. The van der Waals surface area contributed by atoms with Gasteiger partial charge in [0.25, 0.3) is 5.56 Å². The molecule has 5 rings (SSSR count). The van der Waals surface area contributed by atoms with Crippen LogP contribution in [0, 0.1) is 20.8 Å². The second-order valence-corrected chi connectivity index (χ2v) is 11.3. The molecule has 10 heteroatoms. The quantitative estimate of drug-likeness (QED) is 0.433. The maximum absolute atomic E-state index is 14.0. The largest absolute Gasteiger partial charge is 0.377 e. The maximum atomic E-state index is 14.0. The fourth-order valence-corrected chi connectivity index (χ4v) is 6.88. The van der Waals surface area contributed by atoms with Gasteiger partial charge < -0.3 is 9.72 Å². The van der Waals surface area contributed by atoms with Crippen molar-refractivity contribution in [2.24, 2.45) is 0 Å². The van der Waals surface area contributed by atoms with E-state index < -0.39 is 10.0 Å². The van der Waals surface area contributed by atoms with Crippen LogP contribution in [0.25, 0.3) is 21.9 Å². The van der Waals surface area contributed by atoms with Crippen LogP contribution in [0.15, 0.2) is 40.0 Å². The van der Waals surface area contributed by atoms with E-state index in [9.17, 15) is 13.2 Å². The summed E-state index contributed by atoms with van der Waals surface area (Å²) in [5.41, 5.74) is 4.51. The van der Waals surface area contributed by atoms with Crippen LogP contribution in [-0.2, 0) is 21.3 Å². The molecule has 8 nitrogen and oxygen atoms in total. The molecule has 3 heterocycles. The molecule has 0 saturated carbocycles. The Balaban J connectivity index is 1.61. The normalized spacial score (nSPS) is 16.8. The summed E-state index contributed by atoms with van der Waals surface area (Å²) in [4.78, 5) is 16.0. The molecule has 1 aliphatic rings. The van der Waals surface area contributed by atoms with Gasteiger partial charge in [0, 0.05) is 30.8 Å². The summed E-state index contributed by atoms with van der Waals surface area (Å²) >= 11 is 0.984. The first-order valence-corrected chi connectivity index (χ1v) is 13.4. The van der Waals surface area contributed by atoms with Crippen LogP contribution in [0.2, 0.25) is 0 Å². The molecule has 4 aromatic rings. The average Bonchev–Trinajstić information content (AvgIpc) is 3.46. The van der Waals surface area contributed by atoms with Gasteiger partial charge >= 0.3 is 0 Å². The standard InChI is InChI=1S/C24H26N4O4S2/c1-14-6-7-20-22(27-33-26-20)23(14)34(30,31)28(13-19-5-4-8-32-19)12-18-11-17-9-15(2)16(3)10-21(17)25-24(18)29/h6-7,9-11,19H,4-5,8,12-13H2,1-3H3,(H,25,29)/t19-/m0/s1. The molecule has 0 unspecified atom stereocenters. The number of aromatic nitrogens is 3. The van der Waals surface area contributed by atoms with Crippen LogP contribution < -0.4 is 5.56 Å². The average molecular weight is 499 g/mol. The fraction of sp³-hybridized carbons (Fsp3) is 0.375. The lowest BCUT2D eigenvalue weighted by Crippen LogP contribution is -2.38. The number of aryl methyl sites for hydroxylation is 3. The Morgan fingerprint density at radius 1 is 1.12 bits per heavy atom. The molecule has 0 radical (unpaired) electrons. The van der Waals surface area contributed by atoms with Crippen LogP contribution in [0.4, 0.5) is 0 Å². The highest BCUT2D eigenvalue weighted by Gasteiger charge is 2.33. The molecule has 1 N–H and O–H groups in total. The number of sulfonamides is 1. The number of nitrogens with zero attached hydrogens (tertiary/aromatic N) is 3. The molecule has 1 saturated heterocycles.